The maximum atomic E-state index is 13.3. The van der Waals surface area contributed by atoms with Crippen LogP contribution in [-0.4, -0.2) is 13.2 Å². The van der Waals surface area contributed by atoms with Crippen LogP contribution in [0.2, 0.25) is 10.0 Å². The molecule has 0 saturated carbocycles. The summed E-state index contributed by atoms with van der Waals surface area (Å²) in [6, 6.07) is 11.6. The van der Waals surface area contributed by atoms with Crippen molar-refractivity contribution in [1.82, 2.24) is 0 Å². The summed E-state index contributed by atoms with van der Waals surface area (Å²) in [6.45, 7) is 0.778. The summed E-state index contributed by atoms with van der Waals surface area (Å²) in [5.74, 6) is 0.152. The van der Waals surface area contributed by atoms with E-state index in [4.69, 9.17) is 27.9 Å². The molecule has 0 heterocycles. The highest BCUT2D eigenvalue weighted by Gasteiger charge is 2.06. The maximum Gasteiger partial charge on any atom is 0.156 e. The summed E-state index contributed by atoms with van der Waals surface area (Å²) in [5.41, 5.74) is 0.441. The number of hydrogen-bond donors (Lipinski definition) is 1. The average Bonchev–Trinajstić information content (AvgIpc) is 2.39. The number of benzene rings is 2. The van der Waals surface area contributed by atoms with Crippen LogP contribution in [0.3, 0.4) is 0 Å². The molecule has 0 aromatic heterocycles. The van der Waals surface area contributed by atoms with Gasteiger partial charge in [0.1, 0.15) is 12.4 Å². The number of anilines is 1. The Morgan fingerprint density at radius 3 is 2.37 bits per heavy atom. The van der Waals surface area contributed by atoms with Gasteiger partial charge in [-0.25, -0.2) is 4.39 Å². The number of nitrogens with one attached hydrogen (secondary N) is 1. The molecule has 0 unspecified atom stereocenters. The van der Waals surface area contributed by atoms with Gasteiger partial charge in [0.15, 0.2) is 5.75 Å². The standard InChI is InChI=1S/C14H12Cl2FNO/c15-10-4-3-5-11(16)14(10)19-9-8-18-13-7-2-1-6-12(13)17/h1-7,18H,8-9H2. The van der Waals surface area contributed by atoms with Gasteiger partial charge in [-0.2, -0.15) is 0 Å². The largest absolute Gasteiger partial charge is 0.489 e. The van der Waals surface area contributed by atoms with Crippen LogP contribution in [0.1, 0.15) is 0 Å². The molecule has 0 fully saturated rings. The molecule has 0 spiro atoms. The van der Waals surface area contributed by atoms with Gasteiger partial charge in [0, 0.05) is 6.54 Å². The molecule has 0 amide bonds. The van der Waals surface area contributed by atoms with Crippen molar-refractivity contribution in [2.24, 2.45) is 0 Å². The Bertz CT molecular complexity index is 543. The Labute approximate surface area is 121 Å². The van der Waals surface area contributed by atoms with E-state index in [0.717, 1.165) is 0 Å². The van der Waals surface area contributed by atoms with Crippen LogP contribution in [0, 0.1) is 5.82 Å². The predicted octanol–water partition coefficient (Wildman–Crippen LogP) is 4.62. The Kier molecular flexibility index (Phi) is 4.88. The second-order valence-corrected chi connectivity index (χ2v) is 4.62. The van der Waals surface area contributed by atoms with Gasteiger partial charge in [0.2, 0.25) is 0 Å². The van der Waals surface area contributed by atoms with E-state index in [0.29, 0.717) is 34.6 Å². The predicted molar refractivity (Wildman–Crippen MR) is 76.8 cm³/mol. The average molecular weight is 300 g/mol. The van der Waals surface area contributed by atoms with Crippen LogP contribution in [0.25, 0.3) is 0 Å². The number of rotatable bonds is 5. The van der Waals surface area contributed by atoms with Crippen LogP contribution in [-0.2, 0) is 0 Å². The molecule has 0 aliphatic rings. The van der Waals surface area contributed by atoms with Crippen molar-refractivity contribution >= 4 is 28.9 Å². The molecule has 1 N–H and O–H groups in total. The van der Waals surface area contributed by atoms with E-state index in [1.807, 2.05) is 0 Å². The zero-order chi connectivity index (χ0) is 13.7. The van der Waals surface area contributed by atoms with Crippen molar-refractivity contribution in [3.63, 3.8) is 0 Å². The quantitative estimate of drug-likeness (QED) is 0.813. The van der Waals surface area contributed by atoms with Gasteiger partial charge in [-0.3, -0.25) is 0 Å². The van der Waals surface area contributed by atoms with E-state index < -0.39 is 0 Å². The van der Waals surface area contributed by atoms with Crippen LogP contribution >= 0.6 is 23.2 Å². The third-order valence-corrected chi connectivity index (χ3v) is 3.05. The number of halogens is 3. The minimum Gasteiger partial charge on any atom is -0.489 e. The molecule has 0 saturated heterocycles. The Hall–Kier alpha value is -1.45. The Morgan fingerprint density at radius 2 is 1.68 bits per heavy atom. The van der Waals surface area contributed by atoms with Crippen LogP contribution < -0.4 is 10.1 Å². The lowest BCUT2D eigenvalue weighted by molar-refractivity contribution is 0.333. The van der Waals surface area contributed by atoms with Crippen molar-refractivity contribution < 1.29 is 9.13 Å². The lowest BCUT2D eigenvalue weighted by Gasteiger charge is -2.11. The highest BCUT2D eigenvalue weighted by Crippen LogP contribution is 2.32. The zero-order valence-corrected chi connectivity index (χ0v) is 11.5. The fourth-order valence-electron chi connectivity index (χ4n) is 1.56. The van der Waals surface area contributed by atoms with Crippen molar-refractivity contribution in [1.29, 1.82) is 0 Å². The molecule has 0 aliphatic carbocycles. The van der Waals surface area contributed by atoms with Crippen molar-refractivity contribution in [2.45, 2.75) is 0 Å². The monoisotopic (exact) mass is 299 g/mol. The van der Waals surface area contributed by atoms with Gasteiger partial charge >= 0.3 is 0 Å². The van der Waals surface area contributed by atoms with Crippen molar-refractivity contribution in [3.8, 4) is 5.75 Å². The summed E-state index contributed by atoms with van der Waals surface area (Å²) >= 11 is 11.9. The van der Waals surface area contributed by atoms with E-state index in [1.54, 1.807) is 36.4 Å². The minimum absolute atomic E-state index is 0.293. The molecule has 0 aliphatic heterocycles. The second-order valence-electron chi connectivity index (χ2n) is 3.81. The van der Waals surface area contributed by atoms with E-state index in [2.05, 4.69) is 5.32 Å². The first-order valence-corrected chi connectivity index (χ1v) is 6.49. The molecule has 2 aromatic rings. The fourth-order valence-corrected chi connectivity index (χ4v) is 2.07. The summed E-state index contributed by atoms with van der Waals surface area (Å²) in [5, 5.41) is 3.85. The van der Waals surface area contributed by atoms with E-state index in [-0.39, 0.29) is 5.82 Å². The highest BCUT2D eigenvalue weighted by atomic mass is 35.5. The normalized spacial score (nSPS) is 10.3. The Balaban J connectivity index is 1.86. The molecule has 19 heavy (non-hydrogen) atoms. The smallest absolute Gasteiger partial charge is 0.156 e. The topological polar surface area (TPSA) is 21.3 Å². The van der Waals surface area contributed by atoms with Gasteiger partial charge in [-0.15, -0.1) is 0 Å². The van der Waals surface area contributed by atoms with Crippen LogP contribution in [0.4, 0.5) is 10.1 Å². The van der Waals surface area contributed by atoms with Crippen molar-refractivity contribution in [3.05, 3.63) is 58.3 Å². The second kappa shape index (κ2) is 6.64. The molecule has 0 bridgehead atoms. The van der Waals surface area contributed by atoms with Gasteiger partial charge in [-0.1, -0.05) is 41.4 Å². The van der Waals surface area contributed by atoms with Crippen LogP contribution in [0.15, 0.2) is 42.5 Å². The van der Waals surface area contributed by atoms with Gasteiger partial charge < -0.3 is 10.1 Å². The molecule has 5 heteroatoms. The van der Waals surface area contributed by atoms with E-state index in [1.165, 1.54) is 6.07 Å². The molecule has 0 radical (unpaired) electrons. The molecule has 2 rings (SSSR count). The lowest BCUT2D eigenvalue weighted by Crippen LogP contribution is -2.12. The summed E-state index contributed by atoms with van der Waals surface area (Å²) in [4.78, 5) is 0. The van der Waals surface area contributed by atoms with Gasteiger partial charge in [0.25, 0.3) is 0 Å². The minimum atomic E-state index is -0.293. The van der Waals surface area contributed by atoms with Crippen LogP contribution in [0.5, 0.6) is 5.75 Å². The number of para-hydroxylation sites is 2. The third kappa shape index (κ3) is 3.75. The van der Waals surface area contributed by atoms with Gasteiger partial charge in [0.05, 0.1) is 15.7 Å². The van der Waals surface area contributed by atoms with Crippen molar-refractivity contribution in [2.75, 3.05) is 18.5 Å². The molecular weight excluding hydrogens is 288 g/mol. The molecule has 2 nitrogen and oxygen atoms in total. The Morgan fingerprint density at radius 1 is 1.00 bits per heavy atom. The highest BCUT2D eigenvalue weighted by molar-refractivity contribution is 6.37. The summed E-state index contributed by atoms with van der Waals surface area (Å²) in [7, 11) is 0. The molecule has 0 atom stereocenters. The van der Waals surface area contributed by atoms with Gasteiger partial charge in [-0.05, 0) is 24.3 Å². The first-order chi connectivity index (χ1) is 9.18. The molecule has 100 valence electrons. The zero-order valence-electron chi connectivity index (χ0n) is 10.00. The SMILES string of the molecule is Fc1ccccc1NCCOc1c(Cl)cccc1Cl. The molecule has 2 aromatic carbocycles. The lowest BCUT2D eigenvalue weighted by atomic mass is 10.3. The first-order valence-electron chi connectivity index (χ1n) is 5.73. The number of ether oxygens (including phenoxy) is 1. The third-order valence-electron chi connectivity index (χ3n) is 2.46. The summed E-state index contributed by atoms with van der Waals surface area (Å²) in [6.07, 6.45) is 0. The molecular formula is C14H12Cl2FNO. The summed E-state index contributed by atoms with van der Waals surface area (Å²) < 4.78 is 18.8. The maximum absolute atomic E-state index is 13.3. The first kappa shape index (κ1) is 14.0. The number of hydrogen-bond acceptors (Lipinski definition) is 2. The van der Waals surface area contributed by atoms with E-state index in [9.17, 15) is 4.39 Å². The van der Waals surface area contributed by atoms with E-state index >= 15 is 0 Å². The fraction of sp³-hybridized carbons (Fsp3) is 0.143.